The highest BCUT2D eigenvalue weighted by molar-refractivity contribution is 7.79. The van der Waals surface area contributed by atoms with Gasteiger partial charge in [0.15, 0.2) is 5.88 Å². The average Bonchev–Trinajstić information content (AvgIpc) is 3.12. The van der Waals surface area contributed by atoms with Crippen molar-refractivity contribution in [3.63, 3.8) is 0 Å². The molecule has 0 aliphatic carbocycles. The summed E-state index contributed by atoms with van der Waals surface area (Å²) in [6.45, 7) is 4.32. The Kier molecular flexibility index (Phi) is 8.81. The first-order valence-corrected chi connectivity index (χ1v) is 11.7. The lowest BCUT2D eigenvalue weighted by atomic mass is 10.1. The fraction of sp³-hybridized carbons (Fsp3) is 0.364. The third kappa shape index (κ3) is 6.30. The number of nitrogens with one attached hydrogen (secondary N) is 2. The molecule has 0 radical (unpaired) electrons. The molecule has 1 saturated heterocycles. The lowest BCUT2D eigenvalue weighted by Crippen LogP contribution is -2.35. The maximum Gasteiger partial charge on any atom is 0.251 e. The summed E-state index contributed by atoms with van der Waals surface area (Å²) >= 11 is -2.12. The molecule has 1 aromatic carbocycles. The van der Waals surface area contributed by atoms with Gasteiger partial charge < -0.3 is 24.7 Å². The van der Waals surface area contributed by atoms with Crippen LogP contribution in [0.5, 0.6) is 5.88 Å². The fourth-order valence-corrected chi connectivity index (χ4v) is 4.14. The molecule has 3 heterocycles. The molecule has 1 amide bonds. The summed E-state index contributed by atoms with van der Waals surface area (Å²) < 4.78 is 26.6. The molecule has 1 aliphatic rings. The van der Waals surface area contributed by atoms with Crippen LogP contribution in [-0.4, -0.2) is 73.2 Å². The number of morpholine rings is 1. The Balaban J connectivity index is 0.00000306. The molecule has 0 bridgehead atoms. The van der Waals surface area contributed by atoms with Crippen LogP contribution in [0, 0.1) is 0 Å². The second kappa shape index (κ2) is 11.6. The third-order valence-corrected chi connectivity index (χ3v) is 6.03. The molecule has 1 unspecified atom stereocenters. The summed E-state index contributed by atoms with van der Waals surface area (Å²) in [5, 5.41) is 13.9. The van der Waals surface area contributed by atoms with Crippen molar-refractivity contribution in [1.82, 2.24) is 20.2 Å². The lowest BCUT2D eigenvalue weighted by molar-refractivity contribution is 0.0341. The predicted molar refractivity (Wildman–Crippen MR) is 127 cm³/mol. The molecule has 11 heteroatoms. The van der Waals surface area contributed by atoms with Crippen molar-refractivity contribution in [1.29, 1.82) is 0 Å². The Morgan fingerprint density at radius 2 is 2.06 bits per heavy atom. The number of pyridine rings is 1. The van der Waals surface area contributed by atoms with Gasteiger partial charge in [0.1, 0.15) is 0 Å². The van der Waals surface area contributed by atoms with E-state index in [-0.39, 0.29) is 36.5 Å². The number of halogens is 1. The summed E-state index contributed by atoms with van der Waals surface area (Å²) in [6.07, 6.45) is 2.15. The number of hydrogen-bond acceptors (Lipinski definition) is 7. The van der Waals surface area contributed by atoms with Crippen molar-refractivity contribution in [3.05, 3.63) is 47.7 Å². The number of aromatic nitrogens is 2. The van der Waals surface area contributed by atoms with Gasteiger partial charge in [-0.2, -0.15) is 0 Å². The highest BCUT2D eigenvalue weighted by atomic mass is 35.5. The van der Waals surface area contributed by atoms with Gasteiger partial charge in [-0.25, -0.2) is 0 Å². The molecule has 4 rings (SSSR count). The standard InChI is InChI=1S/C22H26N4O5S.ClH/c27-21(23-6-1-11-32(29)30)16-3-5-18-17(12-16)20(22(28)25-18)19-4-2-15(13-24-19)14-26-7-9-31-10-8-26;/h2-5,12-13,25,28H,1,6-11,14H2,(H,23,27)(H,29,30);1H/p-1. The largest absolute Gasteiger partial charge is 0.772 e. The van der Waals surface area contributed by atoms with Crippen molar-refractivity contribution in [2.45, 2.75) is 13.0 Å². The SMILES string of the molecule is Cl.O=C(NCCCS(=O)[O-])c1ccc2[nH]c(O)c(-c3ccc(CN4CCOCC4)cn3)c2c1. The Labute approximate surface area is 200 Å². The minimum absolute atomic E-state index is 0. The zero-order chi connectivity index (χ0) is 22.5. The van der Waals surface area contributed by atoms with Crippen molar-refractivity contribution in [2.24, 2.45) is 0 Å². The molecular weight excluding hydrogens is 468 g/mol. The van der Waals surface area contributed by atoms with Crippen molar-refractivity contribution < 1.29 is 23.4 Å². The minimum Gasteiger partial charge on any atom is -0.772 e. The van der Waals surface area contributed by atoms with Gasteiger partial charge in [-0.3, -0.25) is 18.9 Å². The quantitative estimate of drug-likeness (QED) is 0.324. The lowest BCUT2D eigenvalue weighted by Gasteiger charge is -2.26. The first-order chi connectivity index (χ1) is 15.5. The summed E-state index contributed by atoms with van der Waals surface area (Å²) in [7, 11) is 0. The van der Waals surface area contributed by atoms with Gasteiger partial charge in [0.2, 0.25) is 0 Å². The molecule has 0 spiro atoms. The Morgan fingerprint density at radius 3 is 2.76 bits per heavy atom. The Bertz CT molecular complexity index is 1120. The van der Waals surface area contributed by atoms with Crippen LogP contribution in [0.4, 0.5) is 0 Å². The van der Waals surface area contributed by atoms with E-state index in [9.17, 15) is 18.7 Å². The van der Waals surface area contributed by atoms with Gasteiger partial charge in [0.05, 0.1) is 24.5 Å². The number of aromatic hydroxyl groups is 1. The third-order valence-electron chi connectivity index (χ3n) is 5.41. The predicted octanol–water partition coefficient (Wildman–Crippen LogP) is 2.19. The summed E-state index contributed by atoms with van der Waals surface area (Å²) in [4.78, 5) is 22.2. The van der Waals surface area contributed by atoms with Gasteiger partial charge >= 0.3 is 0 Å². The number of rotatable bonds is 8. The highest BCUT2D eigenvalue weighted by Crippen LogP contribution is 2.36. The molecule has 3 aromatic rings. The van der Waals surface area contributed by atoms with Gasteiger partial charge in [0, 0.05) is 54.6 Å². The number of ether oxygens (including phenoxy) is 1. The van der Waals surface area contributed by atoms with Gasteiger partial charge in [0.25, 0.3) is 5.91 Å². The first kappa shape index (κ1) is 25.1. The van der Waals surface area contributed by atoms with Gasteiger partial charge in [-0.1, -0.05) is 17.1 Å². The number of carbonyl (C=O) groups is 1. The van der Waals surface area contributed by atoms with E-state index < -0.39 is 11.1 Å². The topological polar surface area (TPSA) is 131 Å². The number of amides is 1. The van der Waals surface area contributed by atoms with Crippen LogP contribution in [-0.2, 0) is 22.4 Å². The maximum absolute atomic E-state index is 12.5. The van der Waals surface area contributed by atoms with Gasteiger partial charge in [-0.05, 0) is 36.2 Å². The summed E-state index contributed by atoms with van der Waals surface area (Å²) in [5.74, 6) is -0.310. The molecule has 178 valence electrons. The van der Waals surface area contributed by atoms with Gasteiger partial charge in [-0.15, -0.1) is 12.4 Å². The normalized spacial score (nSPS) is 15.2. The average molecular weight is 494 g/mol. The van der Waals surface area contributed by atoms with Crippen LogP contribution in [0.2, 0.25) is 0 Å². The highest BCUT2D eigenvalue weighted by Gasteiger charge is 2.17. The van der Waals surface area contributed by atoms with E-state index in [0.717, 1.165) is 38.4 Å². The van der Waals surface area contributed by atoms with Crippen molar-refractivity contribution in [3.8, 4) is 17.1 Å². The zero-order valence-electron chi connectivity index (χ0n) is 17.9. The van der Waals surface area contributed by atoms with Crippen molar-refractivity contribution in [2.75, 3.05) is 38.6 Å². The van der Waals surface area contributed by atoms with E-state index in [1.54, 1.807) is 24.4 Å². The Hall–Kier alpha value is -2.50. The van der Waals surface area contributed by atoms with Crippen LogP contribution >= 0.6 is 12.4 Å². The Morgan fingerprint density at radius 1 is 1.27 bits per heavy atom. The van der Waals surface area contributed by atoms with E-state index in [4.69, 9.17) is 4.74 Å². The van der Waals surface area contributed by atoms with Crippen LogP contribution in [0.15, 0.2) is 36.5 Å². The number of carbonyl (C=O) groups excluding carboxylic acids is 1. The summed E-state index contributed by atoms with van der Waals surface area (Å²) in [5.41, 5.74) is 3.33. The van der Waals surface area contributed by atoms with Crippen molar-refractivity contribution >= 4 is 40.3 Å². The number of fused-ring (bicyclic) bond motifs is 1. The zero-order valence-corrected chi connectivity index (χ0v) is 19.5. The smallest absolute Gasteiger partial charge is 0.251 e. The number of hydrogen-bond donors (Lipinski definition) is 3. The van der Waals surface area contributed by atoms with E-state index >= 15 is 0 Å². The molecule has 1 atom stereocenters. The molecule has 3 N–H and O–H groups in total. The first-order valence-electron chi connectivity index (χ1n) is 10.5. The van der Waals surface area contributed by atoms with E-state index in [0.29, 0.717) is 34.1 Å². The van der Waals surface area contributed by atoms with E-state index in [1.807, 2.05) is 12.1 Å². The monoisotopic (exact) mass is 493 g/mol. The molecular formula is C22H26ClN4O5S-. The van der Waals surface area contributed by atoms with Crippen LogP contribution < -0.4 is 5.32 Å². The number of H-pyrrole nitrogens is 1. The second-order valence-electron chi connectivity index (χ2n) is 7.67. The number of nitrogens with zero attached hydrogens (tertiary/aromatic N) is 2. The molecule has 2 aromatic heterocycles. The van der Waals surface area contributed by atoms with E-state index in [1.165, 1.54) is 0 Å². The van der Waals surface area contributed by atoms with Crippen LogP contribution in [0.25, 0.3) is 22.2 Å². The van der Waals surface area contributed by atoms with Crippen LogP contribution in [0.1, 0.15) is 22.3 Å². The second-order valence-corrected chi connectivity index (χ2v) is 8.68. The summed E-state index contributed by atoms with van der Waals surface area (Å²) in [6, 6.07) is 8.95. The van der Waals surface area contributed by atoms with E-state index in [2.05, 4.69) is 20.2 Å². The minimum atomic E-state index is -2.12. The molecule has 1 aliphatic heterocycles. The molecule has 9 nitrogen and oxygen atoms in total. The molecule has 33 heavy (non-hydrogen) atoms. The molecule has 0 saturated carbocycles. The number of aromatic amines is 1. The van der Waals surface area contributed by atoms with Crippen LogP contribution in [0.3, 0.4) is 0 Å². The maximum atomic E-state index is 12.5. The fourth-order valence-electron chi connectivity index (χ4n) is 3.76. The number of benzene rings is 1. The molecule has 1 fully saturated rings.